The second-order valence-electron chi connectivity index (χ2n) is 7.76. The van der Waals surface area contributed by atoms with Crippen molar-refractivity contribution in [2.75, 3.05) is 7.05 Å². The van der Waals surface area contributed by atoms with Crippen LogP contribution in [0.1, 0.15) is 17.4 Å². The van der Waals surface area contributed by atoms with E-state index >= 15 is 0 Å². The van der Waals surface area contributed by atoms with Gasteiger partial charge in [0.25, 0.3) is 5.17 Å². The molecule has 1 N–H and O–H groups in total. The van der Waals surface area contributed by atoms with E-state index < -0.39 is 23.9 Å². The number of hydrogen-bond donors (Lipinski definition) is 1. The largest absolute Gasteiger partial charge is 0.472 e. The van der Waals surface area contributed by atoms with Crippen molar-refractivity contribution in [2.24, 2.45) is 0 Å². The van der Waals surface area contributed by atoms with Crippen molar-refractivity contribution in [3.8, 4) is 33.8 Å². The van der Waals surface area contributed by atoms with Gasteiger partial charge in [0, 0.05) is 23.7 Å². The van der Waals surface area contributed by atoms with Crippen LogP contribution < -0.4 is 5.32 Å². The normalized spacial score (nSPS) is 16.3. The Labute approximate surface area is 202 Å². The zero-order valence-electron chi connectivity index (χ0n) is 18.0. The maximum atomic E-state index is 14.6. The molecule has 0 amide bonds. The predicted molar refractivity (Wildman–Crippen MR) is 123 cm³/mol. The molecule has 6 nitrogen and oxygen atoms in total. The van der Waals surface area contributed by atoms with Crippen molar-refractivity contribution >= 4 is 17.4 Å². The standard InChI is InChI=1S/C24H16F4N4O2S/c1-32-22(31-23(35)34-32)17-10-14(5-6-18(17)25)13-3-2-4-15(9-13)21-29-19(16-7-8-33-12-16)11-20(30-21)24(26,27)28/h2-12,22H,1H3,(H,31,35). The van der Waals surface area contributed by atoms with Crippen LogP contribution in [0.3, 0.4) is 0 Å². The summed E-state index contributed by atoms with van der Waals surface area (Å²) in [4.78, 5) is 13.3. The van der Waals surface area contributed by atoms with Gasteiger partial charge < -0.3 is 14.6 Å². The zero-order valence-corrected chi connectivity index (χ0v) is 18.8. The van der Waals surface area contributed by atoms with E-state index in [0.29, 0.717) is 27.8 Å². The number of nitrogens with one attached hydrogen (secondary N) is 1. The summed E-state index contributed by atoms with van der Waals surface area (Å²) in [5.41, 5.74) is 1.35. The van der Waals surface area contributed by atoms with Gasteiger partial charge in [-0.05, 0) is 53.7 Å². The van der Waals surface area contributed by atoms with Crippen LogP contribution in [0, 0.1) is 5.82 Å². The van der Waals surface area contributed by atoms with Gasteiger partial charge in [-0.1, -0.05) is 24.3 Å². The average Bonchev–Trinajstić information content (AvgIpc) is 3.48. The Morgan fingerprint density at radius 2 is 1.74 bits per heavy atom. The molecule has 0 spiro atoms. The second-order valence-corrected chi connectivity index (χ2v) is 8.13. The van der Waals surface area contributed by atoms with Crippen molar-refractivity contribution in [2.45, 2.75) is 12.3 Å². The molecule has 2 aromatic heterocycles. The van der Waals surface area contributed by atoms with E-state index in [2.05, 4.69) is 15.3 Å². The number of rotatable bonds is 4. The fourth-order valence-electron chi connectivity index (χ4n) is 3.74. The van der Waals surface area contributed by atoms with Gasteiger partial charge in [-0.3, -0.25) is 0 Å². The first-order valence-electron chi connectivity index (χ1n) is 10.3. The summed E-state index contributed by atoms with van der Waals surface area (Å²) in [5, 5.41) is 4.40. The van der Waals surface area contributed by atoms with Crippen LogP contribution in [0.5, 0.6) is 0 Å². The number of halogens is 4. The summed E-state index contributed by atoms with van der Waals surface area (Å²) in [5.74, 6) is -0.565. The molecule has 0 bridgehead atoms. The fraction of sp³-hybridized carbons (Fsp3) is 0.125. The molecule has 5 rings (SSSR count). The number of alkyl halides is 3. The second kappa shape index (κ2) is 8.75. The molecule has 4 aromatic rings. The summed E-state index contributed by atoms with van der Waals surface area (Å²) in [6, 6.07) is 13.6. The number of thiocarbonyl (C=S) groups is 1. The Hall–Kier alpha value is -3.83. The quantitative estimate of drug-likeness (QED) is 0.273. The Balaban J connectivity index is 1.57. The van der Waals surface area contributed by atoms with Gasteiger partial charge in [0.2, 0.25) is 0 Å². The van der Waals surface area contributed by atoms with Crippen molar-refractivity contribution in [1.29, 1.82) is 0 Å². The first-order valence-corrected chi connectivity index (χ1v) is 10.7. The molecule has 0 radical (unpaired) electrons. The van der Waals surface area contributed by atoms with Gasteiger partial charge in [0.05, 0.1) is 18.2 Å². The minimum atomic E-state index is -4.66. The first kappa shape index (κ1) is 22.9. The number of hydrogen-bond acceptors (Lipinski definition) is 6. The van der Waals surface area contributed by atoms with Gasteiger partial charge in [-0.25, -0.2) is 14.4 Å². The SMILES string of the molecule is CN1OC(=S)NC1c1cc(-c2cccc(-c3nc(-c4ccoc4)cc(C(F)(F)F)n3)c2)ccc1F. The lowest BCUT2D eigenvalue weighted by Crippen LogP contribution is -2.25. The number of furan rings is 1. The van der Waals surface area contributed by atoms with Crippen LogP contribution in [0.4, 0.5) is 17.6 Å². The molecule has 1 aliphatic rings. The predicted octanol–water partition coefficient (Wildman–Crippen LogP) is 5.98. The third-order valence-corrected chi connectivity index (χ3v) is 5.62. The molecular formula is C24H16F4N4O2S. The van der Waals surface area contributed by atoms with Crippen molar-refractivity contribution in [3.05, 3.63) is 84.2 Å². The molecule has 178 valence electrons. The van der Waals surface area contributed by atoms with E-state index in [1.807, 2.05) is 0 Å². The Morgan fingerprint density at radius 1 is 0.971 bits per heavy atom. The van der Waals surface area contributed by atoms with Gasteiger partial charge in [-0.15, -0.1) is 5.06 Å². The van der Waals surface area contributed by atoms with Crippen LogP contribution in [0.2, 0.25) is 0 Å². The molecule has 3 heterocycles. The molecule has 11 heteroatoms. The van der Waals surface area contributed by atoms with Crippen LogP contribution in [0.25, 0.3) is 33.8 Å². The summed E-state index contributed by atoms with van der Waals surface area (Å²) < 4.78 is 60.3. The molecule has 0 saturated carbocycles. The lowest BCUT2D eigenvalue weighted by molar-refractivity contribution is -0.141. The molecule has 1 fully saturated rings. The maximum Gasteiger partial charge on any atom is 0.433 e. The third kappa shape index (κ3) is 4.60. The summed E-state index contributed by atoms with van der Waals surface area (Å²) >= 11 is 4.99. The summed E-state index contributed by atoms with van der Waals surface area (Å²) in [7, 11) is 1.62. The van der Waals surface area contributed by atoms with Crippen LogP contribution in [-0.4, -0.2) is 27.3 Å². The van der Waals surface area contributed by atoms with E-state index in [1.165, 1.54) is 29.7 Å². The van der Waals surface area contributed by atoms with E-state index in [4.69, 9.17) is 21.5 Å². The Morgan fingerprint density at radius 3 is 2.43 bits per heavy atom. The molecule has 1 saturated heterocycles. The van der Waals surface area contributed by atoms with Crippen molar-refractivity contribution in [1.82, 2.24) is 20.3 Å². The monoisotopic (exact) mass is 500 g/mol. The number of aromatic nitrogens is 2. The van der Waals surface area contributed by atoms with Crippen molar-refractivity contribution < 1.29 is 26.8 Å². The molecular weight excluding hydrogens is 484 g/mol. The lowest BCUT2D eigenvalue weighted by atomic mass is 9.99. The molecule has 1 atom stereocenters. The topological polar surface area (TPSA) is 63.4 Å². The van der Waals surface area contributed by atoms with Crippen LogP contribution in [-0.2, 0) is 11.0 Å². The molecule has 1 unspecified atom stereocenters. The van der Waals surface area contributed by atoms with Gasteiger partial charge in [0.1, 0.15) is 17.7 Å². The van der Waals surface area contributed by atoms with Gasteiger partial charge in [0.15, 0.2) is 5.82 Å². The van der Waals surface area contributed by atoms with Crippen LogP contribution in [0.15, 0.2) is 71.5 Å². The third-order valence-electron chi connectivity index (χ3n) is 5.42. The Kier molecular flexibility index (Phi) is 5.73. The Bertz CT molecular complexity index is 1410. The van der Waals surface area contributed by atoms with E-state index in [-0.39, 0.29) is 16.7 Å². The van der Waals surface area contributed by atoms with E-state index in [1.54, 1.807) is 43.4 Å². The van der Waals surface area contributed by atoms with Crippen LogP contribution >= 0.6 is 12.2 Å². The number of benzene rings is 2. The molecule has 2 aromatic carbocycles. The average molecular weight is 500 g/mol. The summed E-state index contributed by atoms with van der Waals surface area (Å²) in [6.45, 7) is 0. The molecule has 1 aliphatic heterocycles. The number of hydroxylamine groups is 2. The minimum Gasteiger partial charge on any atom is -0.472 e. The number of nitrogens with zero attached hydrogens (tertiary/aromatic N) is 3. The van der Waals surface area contributed by atoms with Crippen molar-refractivity contribution in [3.63, 3.8) is 0 Å². The lowest BCUT2D eigenvalue weighted by Gasteiger charge is -2.18. The highest BCUT2D eigenvalue weighted by atomic mass is 32.1. The molecule has 35 heavy (non-hydrogen) atoms. The first-order chi connectivity index (χ1) is 16.7. The summed E-state index contributed by atoms with van der Waals surface area (Å²) in [6.07, 6.45) is -2.63. The van der Waals surface area contributed by atoms with E-state index in [9.17, 15) is 17.6 Å². The zero-order chi connectivity index (χ0) is 24.7. The van der Waals surface area contributed by atoms with Gasteiger partial charge in [-0.2, -0.15) is 13.2 Å². The smallest absolute Gasteiger partial charge is 0.433 e. The minimum absolute atomic E-state index is 0.0804. The maximum absolute atomic E-state index is 14.6. The molecule has 0 aliphatic carbocycles. The highest BCUT2D eigenvalue weighted by molar-refractivity contribution is 7.80. The highest BCUT2D eigenvalue weighted by Gasteiger charge is 2.34. The highest BCUT2D eigenvalue weighted by Crippen LogP contribution is 2.34. The van der Waals surface area contributed by atoms with E-state index in [0.717, 1.165) is 6.07 Å². The fourth-order valence-corrected chi connectivity index (χ4v) is 3.97. The van der Waals surface area contributed by atoms with Gasteiger partial charge >= 0.3 is 6.18 Å².